The number of anilines is 1. The zero-order chi connectivity index (χ0) is 13.4. The summed E-state index contributed by atoms with van der Waals surface area (Å²) in [5.74, 6) is 1.72. The van der Waals surface area contributed by atoms with E-state index in [9.17, 15) is 0 Å². The Morgan fingerprint density at radius 1 is 1.16 bits per heavy atom. The third-order valence-corrected chi connectivity index (χ3v) is 5.19. The van der Waals surface area contributed by atoms with E-state index in [1.54, 1.807) is 12.1 Å². The van der Waals surface area contributed by atoms with E-state index in [1.807, 2.05) is 6.07 Å². The van der Waals surface area contributed by atoms with Gasteiger partial charge >= 0.3 is 0 Å². The van der Waals surface area contributed by atoms with Crippen LogP contribution >= 0.6 is 35.4 Å². The summed E-state index contributed by atoms with van der Waals surface area (Å²) in [4.78, 5) is 0. The summed E-state index contributed by atoms with van der Waals surface area (Å²) in [6.07, 6.45) is 5.37. The van der Waals surface area contributed by atoms with Crippen LogP contribution in [0, 0.1) is 11.8 Å². The molecule has 0 saturated heterocycles. The number of fused-ring (bicyclic) bond motifs is 2. The summed E-state index contributed by atoms with van der Waals surface area (Å²) in [6, 6.07) is 5.98. The Morgan fingerprint density at radius 3 is 2.63 bits per heavy atom. The molecule has 1 aromatic carbocycles. The van der Waals surface area contributed by atoms with E-state index in [2.05, 4.69) is 10.6 Å². The number of thiocarbonyl (C=S) groups is 1. The van der Waals surface area contributed by atoms with E-state index in [0.717, 1.165) is 17.5 Å². The van der Waals surface area contributed by atoms with E-state index < -0.39 is 0 Å². The first kappa shape index (κ1) is 13.5. The Hall–Kier alpha value is -0.510. The molecule has 2 aliphatic carbocycles. The zero-order valence-electron chi connectivity index (χ0n) is 10.5. The summed E-state index contributed by atoms with van der Waals surface area (Å²) >= 11 is 17.2. The van der Waals surface area contributed by atoms with Gasteiger partial charge in [-0.3, -0.25) is 0 Å². The Kier molecular flexibility index (Phi) is 3.88. The molecule has 19 heavy (non-hydrogen) atoms. The van der Waals surface area contributed by atoms with E-state index in [-0.39, 0.29) is 0 Å². The standard InChI is InChI=1S/C14H16Cl2N2S/c15-11-4-3-10(7-12(11)16)17-14(19)18-13-6-8-1-2-9(13)5-8/h3-4,7-9,13H,1-2,5-6H2,(H2,17,18,19)/t8-,9-,13-/m1/s1. The molecule has 2 fully saturated rings. The number of hydrogen-bond donors (Lipinski definition) is 2. The molecule has 2 N–H and O–H groups in total. The second-order valence-corrected chi connectivity index (χ2v) is 6.73. The van der Waals surface area contributed by atoms with Crippen LogP contribution in [0.3, 0.4) is 0 Å². The quantitative estimate of drug-likeness (QED) is 0.788. The van der Waals surface area contributed by atoms with Crippen LogP contribution in [0.25, 0.3) is 0 Å². The van der Waals surface area contributed by atoms with Gasteiger partial charge in [0.05, 0.1) is 10.0 Å². The van der Waals surface area contributed by atoms with E-state index in [4.69, 9.17) is 35.4 Å². The molecule has 0 spiro atoms. The molecular weight excluding hydrogens is 299 g/mol. The SMILES string of the molecule is S=C(Nc1ccc(Cl)c(Cl)c1)N[C@@H]1C[C@@H]2CC[C@@H]1C2. The zero-order valence-corrected chi connectivity index (χ0v) is 12.8. The molecule has 5 heteroatoms. The van der Waals surface area contributed by atoms with Gasteiger partial charge in [-0.1, -0.05) is 29.6 Å². The fourth-order valence-electron chi connectivity index (χ4n) is 3.33. The molecule has 0 unspecified atom stereocenters. The van der Waals surface area contributed by atoms with Crippen LogP contribution < -0.4 is 10.6 Å². The smallest absolute Gasteiger partial charge is 0.171 e. The molecule has 2 nitrogen and oxygen atoms in total. The predicted molar refractivity (Wildman–Crippen MR) is 85.1 cm³/mol. The van der Waals surface area contributed by atoms with Crippen molar-refractivity contribution in [1.29, 1.82) is 0 Å². The van der Waals surface area contributed by atoms with E-state index in [0.29, 0.717) is 21.2 Å². The first-order valence-corrected chi connectivity index (χ1v) is 7.81. The minimum Gasteiger partial charge on any atom is -0.359 e. The average molecular weight is 315 g/mol. The number of rotatable bonds is 2. The fraction of sp³-hybridized carbons (Fsp3) is 0.500. The van der Waals surface area contributed by atoms with Gasteiger partial charge in [-0.2, -0.15) is 0 Å². The van der Waals surface area contributed by atoms with Gasteiger partial charge in [-0.05, 0) is 61.5 Å². The molecule has 0 aromatic heterocycles. The molecule has 2 aliphatic rings. The lowest BCUT2D eigenvalue weighted by molar-refractivity contribution is 0.392. The van der Waals surface area contributed by atoms with Crippen molar-refractivity contribution in [2.45, 2.75) is 31.7 Å². The minimum atomic E-state index is 0.536. The second kappa shape index (κ2) is 5.47. The van der Waals surface area contributed by atoms with Crippen LogP contribution in [0.5, 0.6) is 0 Å². The topological polar surface area (TPSA) is 24.1 Å². The van der Waals surface area contributed by atoms with Gasteiger partial charge < -0.3 is 10.6 Å². The van der Waals surface area contributed by atoms with Crippen LogP contribution in [0.2, 0.25) is 10.0 Å². The Morgan fingerprint density at radius 2 is 2.00 bits per heavy atom. The van der Waals surface area contributed by atoms with E-state index >= 15 is 0 Å². The maximum Gasteiger partial charge on any atom is 0.171 e. The van der Waals surface area contributed by atoms with Crippen molar-refractivity contribution >= 4 is 46.2 Å². The van der Waals surface area contributed by atoms with Crippen LogP contribution in [-0.2, 0) is 0 Å². The number of halogens is 2. The van der Waals surface area contributed by atoms with Crippen molar-refractivity contribution < 1.29 is 0 Å². The first-order valence-electron chi connectivity index (χ1n) is 6.64. The first-order chi connectivity index (χ1) is 9.11. The molecule has 0 amide bonds. The van der Waals surface area contributed by atoms with Gasteiger partial charge in [0.1, 0.15) is 0 Å². The molecule has 2 saturated carbocycles. The number of hydrogen-bond acceptors (Lipinski definition) is 1. The highest BCUT2D eigenvalue weighted by atomic mass is 35.5. The van der Waals surface area contributed by atoms with Crippen LogP contribution in [0.15, 0.2) is 18.2 Å². The fourth-order valence-corrected chi connectivity index (χ4v) is 3.90. The number of benzene rings is 1. The summed E-state index contributed by atoms with van der Waals surface area (Å²) in [5.41, 5.74) is 0.870. The Balaban J connectivity index is 1.57. The van der Waals surface area contributed by atoms with Crippen molar-refractivity contribution in [3.05, 3.63) is 28.2 Å². The summed E-state index contributed by atoms with van der Waals surface area (Å²) in [6.45, 7) is 0. The van der Waals surface area contributed by atoms with Crippen molar-refractivity contribution in [2.24, 2.45) is 11.8 Å². The van der Waals surface area contributed by atoms with Gasteiger partial charge in [0, 0.05) is 11.7 Å². The number of nitrogens with one attached hydrogen (secondary N) is 2. The minimum absolute atomic E-state index is 0.536. The monoisotopic (exact) mass is 314 g/mol. The molecule has 102 valence electrons. The van der Waals surface area contributed by atoms with Gasteiger partial charge in [0.15, 0.2) is 5.11 Å². The predicted octanol–water partition coefficient (Wildman–Crippen LogP) is 4.47. The van der Waals surface area contributed by atoms with Crippen molar-refractivity contribution in [1.82, 2.24) is 5.32 Å². The third kappa shape index (κ3) is 2.99. The lowest BCUT2D eigenvalue weighted by Gasteiger charge is -2.24. The van der Waals surface area contributed by atoms with Gasteiger partial charge in [-0.15, -0.1) is 0 Å². The van der Waals surface area contributed by atoms with Gasteiger partial charge in [0.25, 0.3) is 0 Å². The van der Waals surface area contributed by atoms with E-state index in [1.165, 1.54) is 25.7 Å². The van der Waals surface area contributed by atoms with Crippen molar-refractivity contribution in [2.75, 3.05) is 5.32 Å². The molecule has 1 aromatic rings. The van der Waals surface area contributed by atoms with Crippen molar-refractivity contribution in [3.63, 3.8) is 0 Å². The molecule has 3 rings (SSSR count). The van der Waals surface area contributed by atoms with Gasteiger partial charge in [0.2, 0.25) is 0 Å². The highest BCUT2D eigenvalue weighted by Crippen LogP contribution is 2.44. The lowest BCUT2D eigenvalue weighted by atomic mass is 9.96. The van der Waals surface area contributed by atoms with Gasteiger partial charge in [-0.25, -0.2) is 0 Å². The molecular formula is C14H16Cl2N2S. The van der Waals surface area contributed by atoms with Crippen molar-refractivity contribution in [3.8, 4) is 0 Å². The Labute approximate surface area is 128 Å². The summed E-state index contributed by atoms with van der Waals surface area (Å²) < 4.78 is 0. The Bertz CT molecular complexity index is 506. The summed E-state index contributed by atoms with van der Waals surface area (Å²) in [5, 5.41) is 8.38. The largest absolute Gasteiger partial charge is 0.359 e. The lowest BCUT2D eigenvalue weighted by Crippen LogP contribution is -2.40. The highest BCUT2D eigenvalue weighted by Gasteiger charge is 2.39. The van der Waals surface area contributed by atoms with Crippen LogP contribution in [0.1, 0.15) is 25.7 Å². The highest BCUT2D eigenvalue weighted by molar-refractivity contribution is 7.80. The third-order valence-electron chi connectivity index (χ3n) is 4.23. The molecule has 2 bridgehead atoms. The average Bonchev–Trinajstić information content (AvgIpc) is 2.96. The molecule has 0 aliphatic heterocycles. The normalized spacial score (nSPS) is 28.4. The summed E-state index contributed by atoms with van der Waals surface area (Å²) in [7, 11) is 0. The second-order valence-electron chi connectivity index (χ2n) is 5.51. The molecule has 0 radical (unpaired) electrons. The van der Waals surface area contributed by atoms with Crippen LogP contribution in [-0.4, -0.2) is 11.2 Å². The maximum atomic E-state index is 5.98. The van der Waals surface area contributed by atoms with Crippen LogP contribution in [0.4, 0.5) is 5.69 Å². The molecule has 3 atom stereocenters. The molecule has 0 heterocycles. The maximum absolute atomic E-state index is 5.98.